The summed E-state index contributed by atoms with van der Waals surface area (Å²) in [6.07, 6.45) is 4.52. The van der Waals surface area contributed by atoms with Crippen LogP contribution in [0.25, 0.3) is 10.8 Å². The Bertz CT molecular complexity index is 897. The summed E-state index contributed by atoms with van der Waals surface area (Å²) in [6.45, 7) is 3.22. The lowest BCUT2D eigenvalue weighted by molar-refractivity contribution is 0.0948. The maximum absolute atomic E-state index is 12.3. The number of aromatic amines is 1. The molecule has 0 aliphatic rings. The molecular formula is C16H17N5O2. The van der Waals surface area contributed by atoms with Gasteiger partial charge in [-0.1, -0.05) is 18.2 Å². The number of aryl methyl sites for hydroxylation is 2. The first-order valence-electron chi connectivity index (χ1n) is 7.40. The van der Waals surface area contributed by atoms with Gasteiger partial charge >= 0.3 is 0 Å². The van der Waals surface area contributed by atoms with E-state index < -0.39 is 0 Å². The number of rotatable bonds is 5. The van der Waals surface area contributed by atoms with Gasteiger partial charge in [0.2, 0.25) is 0 Å². The minimum atomic E-state index is -0.300. The summed E-state index contributed by atoms with van der Waals surface area (Å²) in [6, 6.07) is 6.93. The molecule has 7 nitrogen and oxygen atoms in total. The molecule has 0 aliphatic carbocycles. The van der Waals surface area contributed by atoms with Gasteiger partial charge in [0.15, 0.2) is 5.69 Å². The van der Waals surface area contributed by atoms with Crippen LogP contribution in [0.15, 0.2) is 41.5 Å². The average molecular weight is 311 g/mol. The Labute approximate surface area is 132 Å². The van der Waals surface area contributed by atoms with Gasteiger partial charge < -0.3 is 5.32 Å². The van der Waals surface area contributed by atoms with E-state index in [2.05, 4.69) is 20.6 Å². The summed E-state index contributed by atoms with van der Waals surface area (Å²) in [5.74, 6) is -0.297. The van der Waals surface area contributed by atoms with E-state index in [-0.39, 0.29) is 17.2 Å². The third-order valence-corrected chi connectivity index (χ3v) is 3.52. The summed E-state index contributed by atoms with van der Waals surface area (Å²) in [4.78, 5) is 24.0. The number of aromatic nitrogens is 4. The second-order valence-electron chi connectivity index (χ2n) is 5.34. The Balaban J connectivity index is 1.65. The van der Waals surface area contributed by atoms with Crippen LogP contribution in [0.5, 0.6) is 0 Å². The minimum absolute atomic E-state index is 0.232. The maximum Gasteiger partial charge on any atom is 0.272 e. The van der Waals surface area contributed by atoms with Gasteiger partial charge in [0.05, 0.1) is 11.6 Å². The predicted octanol–water partition coefficient (Wildman–Crippen LogP) is 1.25. The first-order chi connectivity index (χ1) is 11.1. The predicted molar refractivity (Wildman–Crippen MR) is 86.3 cm³/mol. The number of benzene rings is 1. The van der Waals surface area contributed by atoms with Gasteiger partial charge in [-0.25, -0.2) is 5.10 Å². The Morgan fingerprint density at radius 3 is 2.83 bits per heavy atom. The van der Waals surface area contributed by atoms with Crippen molar-refractivity contribution in [3.63, 3.8) is 0 Å². The van der Waals surface area contributed by atoms with Crippen LogP contribution in [0.3, 0.4) is 0 Å². The number of amides is 1. The topological polar surface area (TPSA) is 92.7 Å². The van der Waals surface area contributed by atoms with Crippen LogP contribution in [0.2, 0.25) is 0 Å². The lowest BCUT2D eigenvalue weighted by Gasteiger charge is -2.07. The highest BCUT2D eigenvalue weighted by molar-refractivity contribution is 6.04. The van der Waals surface area contributed by atoms with E-state index in [4.69, 9.17) is 0 Å². The molecule has 2 heterocycles. The highest BCUT2D eigenvalue weighted by atomic mass is 16.2. The smallest absolute Gasteiger partial charge is 0.272 e. The first-order valence-corrected chi connectivity index (χ1v) is 7.40. The van der Waals surface area contributed by atoms with Gasteiger partial charge in [-0.3, -0.25) is 14.3 Å². The number of H-pyrrole nitrogens is 1. The van der Waals surface area contributed by atoms with Crippen molar-refractivity contribution >= 4 is 16.7 Å². The Morgan fingerprint density at radius 2 is 2.09 bits per heavy atom. The van der Waals surface area contributed by atoms with E-state index in [0.717, 1.165) is 18.5 Å². The zero-order valence-electron chi connectivity index (χ0n) is 12.7. The quantitative estimate of drug-likeness (QED) is 0.694. The van der Waals surface area contributed by atoms with Crippen LogP contribution < -0.4 is 10.9 Å². The zero-order chi connectivity index (χ0) is 16.2. The number of carbonyl (C=O) groups excluding carboxylic acids is 1. The molecule has 2 N–H and O–H groups in total. The largest absolute Gasteiger partial charge is 0.351 e. The Morgan fingerprint density at radius 1 is 1.30 bits per heavy atom. The van der Waals surface area contributed by atoms with Gasteiger partial charge in [-0.15, -0.1) is 0 Å². The molecule has 0 saturated carbocycles. The van der Waals surface area contributed by atoms with Gasteiger partial charge in [0.25, 0.3) is 11.5 Å². The normalized spacial score (nSPS) is 10.8. The van der Waals surface area contributed by atoms with Crippen LogP contribution in [0, 0.1) is 6.92 Å². The fourth-order valence-corrected chi connectivity index (χ4v) is 2.40. The fraction of sp³-hybridized carbons (Fsp3) is 0.250. The molecule has 3 aromatic rings. The number of nitrogens with zero attached hydrogens (tertiary/aromatic N) is 3. The SMILES string of the molecule is Cc1cnn(CCCNC(=O)c2n[nH]c(=O)c3ccccc23)c1. The van der Waals surface area contributed by atoms with Crippen molar-refractivity contribution in [3.8, 4) is 0 Å². The second-order valence-corrected chi connectivity index (χ2v) is 5.34. The van der Waals surface area contributed by atoms with Crippen molar-refractivity contribution < 1.29 is 4.79 Å². The molecule has 0 fully saturated rings. The third kappa shape index (κ3) is 3.28. The molecule has 0 unspecified atom stereocenters. The van der Waals surface area contributed by atoms with E-state index in [9.17, 15) is 9.59 Å². The number of carbonyl (C=O) groups is 1. The zero-order valence-corrected chi connectivity index (χ0v) is 12.7. The molecule has 118 valence electrons. The molecule has 0 aliphatic heterocycles. The van der Waals surface area contributed by atoms with Crippen LogP contribution in [0.1, 0.15) is 22.5 Å². The monoisotopic (exact) mass is 311 g/mol. The van der Waals surface area contributed by atoms with Gasteiger partial charge in [-0.05, 0) is 25.0 Å². The van der Waals surface area contributed by atoms with E-state index in [0.29, 0.717) is 17.3 Å². The van der Waals surface area contributed by atoms with Crippen molar-refractivity contribution in [2.24, 2.45) is 0 Å². The highest BCUT2D eigenvalue weighted by Crippen LogP contribution is 2.11. The molecule has 0 radical (unpaired) electrons. The highest BCUT2D eigenvalue weighted by Gasteiger charge is 2.13. The third-order valence-electron chi connectivity index (χ3n) is 3.52. The van der Waals surface area contributed by atoms with E-state index in [1.165, 1.54) is 0 Å². The average Bonchev–Trinajstić information content (AvgIpc) is 2.97. The van der Waals surface area contributed by atoms with Crippen LogP contribution >= 0.6 is 0 Å². The summed E-state index contributed by atoms with van der Waals surface area (Å²) in [5, 5.41) is 14.3. The van der Waals surface area contributed by atoms with Crippen molar-refractivity contribution in [2.75, 3.05) is 6.54 Å². The lowest BCUT2D eigenvalue weighted by atomic mass is 10.1. The number of nitrogens with one attached hydrogen (secondary N) is 2. The molecule has 0 saturated heterocycles. The van der Waals surface area contributed by atoms with E-state index in [1.54, 1.807) is 30.5 Å². The van der Waals surface area contributed by atoms with Crippen molar-refractivity contribution in [1.29, 1.82) is 0 Å². The number of hydrogen-bond donors (Lipinski definition) is 2. The molecule has 7 heteroatoms. The molecule has 0 bridgehead atoms. The Kier molecular flexibility index (Phi) is 4.18. The summed E-state index contributed by atoms with van der Waals surface area (Å²) in [7, 11) is 0. The van der Waals surface area contributed by atoms with Crippen molar-refractivity contribution in [2.45, 2.75) is 19.9 Å². The maximum atomic E-state index is 12.3. The summed E-state index contributed by atoms with van der Waals surface area (Å²) < 4.78 is 1.84. The summed E-state index contributed by atoms with van der Waals surface area (Å²) in [5.41, 5.74) is 1.04. The van der Waals surface area contributed by atoms with Gasteiger partial charge in [0.1, 0.15) is 0 Å². The molecule has 1 amide bonds. The number of hydrogen-bond acceptors (Lipinski definition) is 4. The lowest BCUT2D eigenvalue weighted by Crippen LogP contribution is -2.28. The van der Waals surface area contributed by atoms with E-state index >= 15 is 0 Å². The molecular weight excluding hydrogens is 294 g/mol. The summed E-state index contributed by atoms with van der Waals surface area (Å²) >= 11 is 0. The van der Waals surface area contributed by atoms with Gasteiger partial charge in [-0.2, -0.15) is 10.2 Å². The Hall–Kier alpha value is -2.96. The molecule has 1 aromatic carbocycles. The van der Waals surface area contributed by atoms with E-state index in [1.807, 2.05) is 17.8 Å². The van der Waals surface area contributed by atoms with Gasteiger partial charge in [0, 0.05) is 24.7 Å². The van der Waals surface area contributed by atoms with Crippen molar-refractivity contribution in [3.05, 3.63) is 58.3 Å². The molecule has 3 rings (SSSR count). The van der Waals surface area contributed by atoms with Crippen LogP contribution in [-0.4, -0.2) is 32.4 Å². The first kappa shape index (κ1) is 15.0. The van der Waals surface area contributed by atoms with Crippen LogP contribution in [0.4, 0.5) is 0 Å². The molecule has 0 atom stereocenters. The molecule has 23 heavy (non-hydrogen) atoms. The minimum Gasteiger partial charge on any atom is -0.351 e. The standard InChI is InChI=1S/C16H17N5O2/c1-11-9-18-21(10-11)8-4-7-17-16(23)14-12-5-2-3-6-13(12)15(22)20-19-14/h2-3,5-6,9-10H,4,7-8H2,1H3,(H,17,23)(H,20,22). The molecule has 2 aromatic heterocycles. The fourth-order valence-electron chi connectivity index (χ4n) is 2.40. The second kappa shape index (κ2) is 6.43. The number of fused-ring (bicyclic) bond motifs is 1. The van der Waals surface area contributed by atoms with Crippen LogP contribution in [-0.2, 0) is 6.54 Å². The molecule has 0 spiro atoms. The van der Waals surface area contributed by atoms with Crippen molar-refractivity contribution in [1.82, 2.24) is 25.3 Å².